The van der Waals surface area contributed by atoms with E-state index in [0.717, 1.165) is 51.1 Å². The Bertz CT molecular complexity index is 651. The fraction of sp³-hybridized carbons (Fsp3) is 0.600. The van der Waals surface area contributed by atoms with Gasteiger partial charge in [-0.05, 0) is 55.1 Å². The van der Waals surface area contributed by atoms with Crippen molar-refractivity contribution in [3.05, 3.63) is 29.3 Å². The first-order valence-electron chi connectivity index (χ1n) is 7.69. The Kier molecular flexibility index (Phi) is 3.29. The quantitative estimate of drug-likeness (QED) is 0.861. The summed E-state index contributed by atoms with van der Waals surface area (Å²) >= 11 is 0. The minimum absolute atomic E-state index is 0.0730. The maximum atomic E-state index is 12.6. The van der Waals surface area contributed by atoms with Crippen LogP contribution in [0.25, 0.3) is 0 Å². The lowest BCUT2D eigenvalue weighted by atomic mass is 9.85. The summed E-state index contributed by atoms with van der Waals surface area (Å²) in [5.41, 5.74) is 2.31. The van der Waals surface area contributed by atoms with Gasteiger partial charge in [-0.3, -0.25) is 0 Å². The zero-order valence-electron chi connectivity index (χ0n) is 12.0. The average molecular weight is 307 g/mol. The topological polar surface area (TPSA) is 61.4 Å². The number of sulfonamides is 1. The van der Waals surface area contributed by atoms with E-state index in [9.17, 15) is 8.42 Å². The van der Waals surface area contributed by atoms with Crippen molar-refractivity contribution in [2.24, 2.45) is 5.92 Å². The molecule has 4 aliphatic rings. The second-order valence-electron chi connectivity index (χ2n) is 6.40. The first-order valence-corrected chi connectivity index (χ1v) is 9.17. The molecule has 4 heterocycles. The van der Waals surface area contributed by atoms with Crippen molar-refractivity contribution in [1.82, 2.24) is 14.9 Å². The molecular formula is C15H21N3O2S. The molecular weight excluding hydrogens is 286 g/mol. The van der Waals surface area contributed by atoms with Gasteiger partial charge in [-0.15, -0.1) is 0 Å². The van der Waals surface area contributed by atoms with Crippen LogP contribution in [-0.2, 0) is 23.1 Å². The summed E-state index contributed by atoms with van der Waals surface area (Å²) in [4.78, 5) is 2.76. The first kappa shape index (κ1) is 13.7. The van der Waals surface area contributed by atoms with Gasteiger partial charge in [-0.25, -0.2) is 13.1 Å². The molecule has 5 nitrogen and oxygen atoms in total. The highest BCUT2D eigenvalue weighted by atomic mass is 32.2. The molecule has 0 saturated carbocycles. The van der Waals surface area contributed by atoms with Gasteiger partial charge in [0.25, 0.3) is 0 Å². The van der Waals surface area contributed by atoms with Gasteiger partial charge in [-0.1, -0.05) is 6.07 Å². The summed E-state index contributed by atoms with van der Waals surface area (Å²) in [6.45, 7) is 4.69. The van der Waals surface area contributed by atoms with Crippen molar-refractivity contribution in [2.75, 3.05) is 19.6 Å². The van der Waals surface area contributed by atoms with Crippen molar-refractivity contribution in [1.29, 1.82) is 0 Å². The number of nitrogens with one attached hydrogen (secondary N) is 2. The van der Waals surface area contributed by atoms with Crippen LogP contribution < -0.4 is 10.0 Å². The second kappa shape index (κ2) is 5.05. The lowest BCUT2D eigenvalue weighted by molar-refractivity contribution is 0.0827. The van der Waals surface area contributed by atoms with Crippen molar-refractivity contribution >= 4 is 10.0 Å². The summed E-state index contributed by atoms with van der Waals surface area (Å²) in [6.07, 6.45) is 2.22. The molecule has 3 saturated heterocycles. The molecule has 0 amide bonds. The largest absolute Gasteiger partial charge is 0.309 e. The highest BCUT2D eigenvalue weighted by Gasteiger charge is 2.36. The number of fused-ring (bicyclic) bond motifs is 4. The van der Waals surface area contributed by atoms with Crippen LogP contribution in [0.15, 0.2) is 23.1 Å². The van der Waals surface area contributed by atoms with Crippen LogP contribution >= 0.6 is 0 Å². The molecule has 1 aromatic carbocycles. The molecule has 114 valence electrons. The van der Waals surface area contributed by atoms with E-state index in [1.54, 1.807) is 6.07 Å². The fourth-order valence-electron chi connectivity index (χ4n) is 3.80. The van der Waals surface area contributed by atoms with Gasteiger partial charge in [-0.2, -0.15) is 0 Å². The SMILES string of the molecule is O=S(=O)(NC1CN2CCC1CC2)c1ccc2c(c1)CNC2. The van der Waals surface area contributed by atoms with Gasteiger partial charge in [0.05, 0.1) is 4.90 Å². The number of piperidine rings is 3. The Hall–Kier alpha value is -0.950. The minimum Gasteiger partial charge on any atom is -0.309 e. The lowest BCUT2D eigenvalue weighted by Gasteiger charge is -2.44. The third-order valence-corrected chi connectivity index (χ3v) is 6.57. The molecule has 0 aromatic heterocycles. The van der Waals surface area contributed by atoms with E-state index in [4.69, 9.17) is 0 Å². The van der Waals surface area contributed by atoms with Crippen molar-refractivity contribution in [2.45, 2.75) is 36.9 Å². The molecule has 4 aliphatic heterocycles. The summed E-state index contributed by atoms with van der Waals surface area (Å²) in [6, 6.07) is 5.55. The van der Waals surface area contributed by atoms with Gasteiger partial charge < -0.3 is 10.2 Å². The number of benzene rings is 1. The summed E-state index contributed by atoms with van der Waals surface area (Å²) in [5.74, 6) is 0.501. The third kappa shape index (κ3) is 2.50. The minimum atomic E-state index is -3.41. The lowest BCUT2D eigenvalue weighted by Crippen LogP contribution is -2.57. The molecule has 1 atom stereocenters. The first-order chi connectivity index (χ1) is 10.1. The molecule has 3 fully saturated rings. The van der Waals surface area contributed by atoms with Crippen LogP contribution in [0.5, 0.6) is 0 Å². The average Bonchev–Trinajstić information content (AvgIpc) is 2.95. The predicted octanol–water partition coefficient (Wildman–Crippen LogP) is 0.662. The van der Waals surface area contributed by atoms with Crippen molar-refractivity contribution in [3.63, 3.8) is 0 Å². The molecule has 2 N–H and O–H groups in total. The number of hydrogen-bond donors (Lipinski definition) is 2. The van der Waals surface area contributed by atoms with E-state index < -0.39 is 10.0 Å². The van der Waals surface area contributed by atoms with E-state index in [2.05, 4.69) is 14.9 Å². The highest BCUT2D eigenvalue weighted by molar-refractivity contribution is 7.89. The van der Waals surface area contributed by atoms with Crippen LogP contribution in [0.4, 0.5) is 0 Å². The summed E-state index contributed by atoms with van der Waals surface area (Å²) < 4.78 is 28.2. The van der Waals surface area contributed by atoms with Gasteiger partial charge in [0.15, 0.2) is 0 Å². The van der Waals surface area contributed by atoms with Crippen LogP contribution in [0.2, 0.25) is 0 Å². The van der Waals surface area contributed by atoms with Gasteiger partial charge in [0, 0.05) is 25.7 Å². The second-order valence-corrected chi connectivity index (χ2v) is 8.11. The Morgan fingerprint density at radius 3 is 2.62 bits per heavy atom. The molecule has 2 bridgehead atoms. The van der Waals surface area contributed by atoms with Gasteiger partial charge in [0.1, 0.15) is 0 Å². The number of rotatable bonds is 3. The maximum absolute atomic E-state index is 12.6. The Morgan fingerprint density at radius 2 is 1.90 bits per heavy atom. The monoisotopic (exact) mass is 307 g/mol. The molecule has 21 heavy (non-hydrogen) atoms. The maximum Gasteiger partial charge on any atom is 0.240 e. The molecule has 0 spiro atoms. The molecule has 6 heteroatoms. The van der Waals surface area contributed by atoms with Gasteiger partial charge >= 0.3 is 0 Å². The normalized spacial score (nSPS) is 31.3. The molecule has 0 radical (unpaired) electrons. The number of nitrogens with zero attached hydrogens (tertiary/aromatic N) is 1. The zero-order chi connectivity index (χ0) is 14.4. The molecule has 0 aliphatic carbocycles. The van der Waals surface area contributed by atoms with Crippen LogP contribution in [0, 0.1) is 5.92 Å². The van der Waals surface area contributed by atoms with E-state index in [-0.39, 0.29) is 6.04 Å². The predicted molar refractivity (Wildman–Crippen MR) is 80.3 cm³/mol. The van der Waals surface area contributed by atoms with Gasteiger partial charge in [0.2, 0.25) is 10.0 Å². The van der Waals surface area contributed by atoms with Crippen molar-refractivity contribution < 1.29 is 8.42 Å². The smallest absolute Gasteiger partial charge is 0.240 e. The van der Waals surface area contributed by atoms with Crippen LogP contribution in [0.1, 0.15) is 24.0 Å². The van der Waals surface area contributed by atoms with E-state index in [0.29, 0.717) is 10.8 Å². The molecule has 1 unspecified atom stereocenters. The molecule has 1 aromatic rings. The van der Waals surface area contributed by atoms with E-state index >= 15 is 0 Å². The van der Waals surface area contributed by atoms with Crippen molar-refractivity contribution in [3.8, 4) is 0 Å². The number of hydrogen-bond acceptors (Lipinski definition) is 4. The Balaban J connectivity index is 1.56. The highest BCUT2D eigenvalue weighted by Crippen LogP contribution is 2.29. The van der Waals surface area contributed by atoms with E-state index in [1.165, 1.54) is 5.56 Å². The summed E-state index contributed by atoms with van der Waals surface area (Å²) in [7, 11) is -3.41. The van der Waals surface area contributed by atoms with E-state index in [1.807, 2.05) is 12.1 Å². The molecule has 5 rings (SSSR count). The standard InChI is InChI=1S/C15H21N3O2S/c19-21(20,14-2-1-12-8-16-9-13(12)7-14)17-15-10-18-5-3-11(15)4-6-18/h1-2,7,11,15-17H,3-6,8-10H2. The van der Waals surface area contributed by atoms with Crippen LogP contribution in [0.3, 0.4) is 0 Å². The third-order valence-electron chi connectivity index (χ3n) is 5.08. The Labute approximate surface area is 125 Å². The van der Waals surface area contributed by atoms with Crippen LogP contribution in [-0.4, -0.2) is 39.0 Å². The zero-order valence-corrected chi connectivity index (χ0v) is 12.8. The summed E-state index contributed by atoms with van der Waals surface area (Å²) in [5, 5.41) is 3.25. The Morgan fingerprint density at radius 1 is 1.14 bits per heavy atom. The fourth-order valence-corrected chi connectivity index (χ4v) is 5.15.